The van der Waals surface area contributed by atoms with Crippen LogP contribution in [0.1, 0.15) is 24.8 Å². The Bertz CT molecular complexity index is 470. The van der Waals surface area contributed by atoms with Gasteiger partial charge >= 0.3 is 0 Å². The summed E-state index contributed by atoms with van der Waals surface area (Å²) < 4.78 is 0. The molecule has 0 radical (unpaired) electrons. The zero-order valence-corrected chi connectivity index (χ0v) is 10.3. The molecule has 0 aliphatic rings. The monoisotopic (exact) mass is 247 g/mol. The Morgan fingerprint density at radius 3 is 2.82 bits per heavy atom. The number of aromatic nitrogens is 2. The molecule has 1 heterocycles. The molecular weight excluding hydrogens is 234 g/mol. The molecule has 1 aromatic carbocycles. The highest BCUT2D eigenvalue weighted by molar-refractivity contribution is 7.13. The fourth-order valence-corrected chi connectivity index (χ4v) is 2.04. The minimum atomic E-state index is -0.0295. The van der Waals surface area contributed by atoms with Crippen LogP contribution in [0.15, 0.2) is 35.8 Å². The highest BCUT2D eigenvalue weighted by Crippen LogP contribution is 2.19. The molecular formula is C12H13N3OS. The molecule has 0 bridgehead atoms. The largest absolute Gasteiger partial charge is 0.301 e. The Kier molecular flexibility index (Phi) is 3.82. The molecule has 0 saturated carbocycles. The summed E-state index contributed by atoms with van der Waals surface area (Å²) in [7, 11) is 0. The Morgan fingerprint density at radius 2 is 2.18 bits per heavy atom. The Hall–Kier alpha value is -1.75. The van der Waals surface area contributed by atoms with Crippen LogP contribution in [0.4, 0.5) is 5.13 Å². The van der Waals surface area contributed by atoms with E-state index in [1.807, 2.05) is 37.3 Å². The Balaban J connectivity index is 1.91. The summed E-state index contributed by atoms with van der Waals surface area (Å²) in [5.74, 6) is 0.169. The highest BCUT2D eigenvalue weighted by atomic mass is 32.1. The second-order valence-electron chi connectivity index (χ2n) is 3.81. The maximum absolute atomic E-state index is 11.7. The van der Waals surface area contributed by atoms with Crippen LogP contribution in [0, 0.1) is 0 Å². The summed E-state index contributed by atoms with van der Waals surface area (Å²) in [5, 5.41) is 10.7. The van der Waals surface area contributed by atoms with Gasteiger partial charge in [-0.1, -0.05) is 48.6 Å². The van der Waals surface area contributed by atoms with Gasteiger partial charge in [-0.2, -0.15) is 0 Å². The van der Waals surface area contributed by atoms with Crippen LogP contribution in [-0.4, -0.2) is 16.1 Å². The van der Waals surface area contributed by atoms with Gasteiger partial charge in [0.15, 0.2) is 0 Å². The van der Waals surface area contributed by atoms with E-state index in [0.717, 1.165) is 0 Å². The summed E-state index contributed by atoms with van der Waals surface area (Å²) in [4.78, 5) is 11.7. The summed E-state index contributed by atoms with van der Waals surface area (Å²) in [6, 6.07) is 9.99. The average Bonchev–Trinajstić information content (AvgIpc) is 2.82. The molecule has 4 nitrogen and oxygen atoms in total. The van der Waals surface area contributed by atoms with Crippen molar-refractivity contribution in [2.24, 2.45) is 0 Å². The number of rotatable bonds is 4. The number of carbonyl (C=O) groups excluding carboxylic acids is 1. The molecule has 1 aromatic heterocycles. The fraction of sp³-hybridized carbons (Fsp3) is 0.250. The number of carbonyl (C=O) groups is 1. The lowest BCUT2D eigenvalue weighted by molar-refractivity contribution is -0.116. The predicted molar refractivity (Wildman–Crippen MR) is 68.0 cm³/mol. The molecule has 5 heteroatoms. The molecule has 1 N–H and O–H groups in total. The molecule has 2 rings (SSSR count). The number of hydrogen-bond donors (Lipinski definition) is 1. The molecule has 0 fully saturated rings. The van der Waals surface area contributed by atoms with Crippen LogP contribution < -0.4 is 5.32 Å². The maximum Gasteiger partial charge on any atom is 0.226 e. The van der Waals surface area contributed by atoms with Crippen molar-refractivity contribution in [1.82, 2.24) is 10.2 Å². The Morgan fingerprint density at radius 1 is 1.41 bits per heavy atom. The smallest absolute Gasteiger partial charge is 0.226 e. The summed E-state index contributed by atoms with van der Waals surface area (Å²) in [6.45, 7) is 2.04. The van der Waals surface area contributed by atoms with Crippen molar-refractivity contribution in [3.05, 3.63) is 41.4 Å². The third kappa shape index (κ3) is 3.35. The molecule has 1 amide bonds. The van der Waals surface area contributed by atoms with Crippen molar-refractivity contribution >= 4 is 22.4 Å². The van der Waals surface area contributed by atoms with Gasteiger partial charge in [0, 0.05) is 6.42 Å². The average molecular weight is 247 g/mol. The molecule has 0 aliphatic carbocycles. The van der Waals surface area contributed by atoms with Crippen molar-refractivity contribution in [1.29, 1.82) is 0 Å². The number of benzene rings is 1. The lowest BCUT2D eigenvalue weighted by Gasteiger charge is -2.10. The first kappa shape index (κ1) is 11.7. The normalized spacial score (nSPS) is 12.1. The first-order chi connectivity index (χ1) is 8.25. The lowest BCUT2D eigenvalue weighted by Crippen LogP contribution is -2.14. The first-order valence-electron chi connectivity index (χ1n) is 5.36. The maximum atomic E-state index is 11.7. The summed E-state index contributed by atoms with van der Waals surface area (Å²) in [6.07, 6.45) is 0.448. The Labute approximate surface area is 104 Å². The molecule has 17 heavy (non-hydrogen) atoms. The van der Waals surface area contributed by atoms with Gasteiger partial charge in [0.25, 0.3) is 0 Å². The zero-order chi connectivity index (χ0) is 12.1. The first-order valence-corrected chi connectivity index (χ1v) is 6.24. The van der Waals surface area contributed by atoms with Crippen molar-refractivity contribution in [3.63, 3.8) is 0 Å². The predicted octanol–water partition coefficient (Wildman–Crippen LogP) is 2.67. The van der Waals surface area contributed by atoms with E-state index in [1.54, 1.807) is 5.51 Å². The van der Waals surface area contributed by atoms with E-state index in [-0.39, 0.29) is 11.8 Å². The van der Waals surface area contributed by atoms with Gasteiger partial charge in [-0.05, 0) is 11.5 Å². The molecule has 0 aliphatic heterocycles. The summed E-state index contributed by atoms with van der Waals surface area (Å²) in [5.41, 5.74) is 2.76. The van der Waals surface area contributed by atoms with Gasteiger partial charge in [0.1, 0.15) is 5.51 Å². The highest BCUT2D eigenvalue weighted by Gasteiger charge is 2.11. The van der Waals surface area contributed by atoms with Crippen molar-refractivity contribution in [2.75, 3.05) is 5.32 Å². The van der Waals surface area contributed by atoms with Gasteiger partial charge in [-0.15, -0.1) is 10.2 Å². The van der Waals surface area contributed by atoms with Crippen molar-refractivity contribution < 1.29 is 4.79 Å². The van der Waals surface area contributed by atoms with E-state index < -0.39 is 0 Å². The minimum Gasteiger partial charge on any atom is -0.301 e. The molecule has 2 aromatic rings. The van der Waals surface area contributed by atoms with E-state index in [9.17, 15) is 4.79 Å². The van der Waals surface area contributed by atoms with Crippen LogP contribution in [0.5, 0.6) is 0 Å². The van der Waals surface area contributed by atoms with E-state index in [0.29, 0.717) is 11.6 Å². The fourth-order valence-electron chi connectivity index (χ4n) is 1.58. The molecule has 88 valence electrons. The van der Waals surface area contributed by atoms with Crippen LogP contribution in [0.2, 0.25) is 0 Å². The van der Waals surface area contributed by atoms with Crippen molar-refractivity contribution in [2.45, 2.75) is 19.3 Å². The van der Waals surface area contributed by atoms with Gasteiger partial charge in [-0.25, -0.2) is 0 Å². The summed E-state index contributed by atoms with van der Waals surface area (Å²) >= 11 is 1.32. The lowest BCUT2D eigenvalue weighted by atomic mass is 9.98. The second kappa shape index (κ2) is 5.54. The second-order valence-corrected chi connectivity index (χ2v) is 4.64. The van der Waals surface area contributed by atoms with Gasteiger partial charge in [-0.3, -0.25) is 4.79 Å². The van der Waals surface area contributed by atoms with Crippen LogP contribution in [-0.2, 0) is 4.79 Å². The SMILES string of the molecule is C[C@@H](CC(=O)Nc1nncs1)c1ccccc1. The third-order valence-corrected chi connectivity index (χ3v) is 3.07. The quantitative estimate of drug-likeness (QED) is 0.903. The zero-order valence-electron chi connectivity index (χ0n) is 9.46. The van der Waals surface area contributed by atoms with E-state index in [1.165, 1.54) is 16.9 Å². The third-order valence-electron chi connectivity index (χ3n) is 2.47. The minimum absolute atomic E-state index is 0.0295. The number of anilines is 1. The number of hydrogen-bond acceptors (Lipinski definition) is 4. The topological polar surface area (TPSA) is 54.9 Å². The number of nitrogens with one attached hydrogen (secondary N) is 1. The standard InChI is InChI=1S/C12H13N3OS/c1-9(10-5-3-2-4-6-10)7-11(16)14-12-15-13-8-17-12/h2-6,8-9H,7H2,1H3,(H,14,15,16)/t9-/m0/s1. The van der Waals surface area contributed by atoms with Crippen LogP contribution in [0.3, 0.4) is 0 Å². The molecule has 0 spiro atoms. The van der Waals surface area contributed by atoms with Crippen LogP contribution in [0.25, 0.3) is 0 Å². The number of amides is 1. The number of nitrogens with zero attached hydrogens (tertiary/aromatic N) is 2. The van der Waals surface area contributed by atoms with Gasteiger partial charge < -0.3 is 5.32 Å². The molecule has 0 unspecified atom stereocenters. The molecule has 1 atom stereocenters. The van der Waals surface area contributed by atoms with Gasteiger partial charge in [0.2, 0.25) is 11.0 Å². The van der Waals surface area contributed by atoms with E-state index >= 15 is 0 Å². The van der Waals surface area contributed by atoms with Crippen molar-refractivity contribution in [3.8, 4) is 0 Å². The molecule has 0 saturated heterocycles. The van der Waals surface area contributed by atoms with E-state index in [4.69, 9.17) is 0 Å². The van der Waals surface area contributed by atoms with E-state index in [2.05, 4.69) is 15.5 Å². The van der Waals surface area contributed by atoms with Gasteiger partial charge in [0.05, 0.1) is 0 Å². The van der Waals surface area contributed by atoms with Crippen LogP contribution >= 0.6 is 11.3 Å².